The van der Waals surface area contributed by atoms with Crippen molar-refractivity contribution < 1.29 is 14.4 Å². The molecule has 4 aromatic rings. The van der Waals surface area contributed by atoms with Gasteiger partial charge >= 0.3 is 0 Å². The Balaban J connectivity index is 1.16. The molecule has 29 heavy (non-hydrogen) atoms. The fraction of sp³-hybridized carbons (Fsp3) is 0.261. The number of β-amino-alcohol motifs (C(OH)–C–C–N with tert-alkyl or cyclic N) is 1. The van der Waals surface area contributed by atoms with E-state index in [0.29, 0.717) is 6.54 Å². The lowest BCUT2D eigenvalue weighted by molar-refractivity contribution is 0.0638. The Labute approximate surface area is 173 Å². The molecule has 6 heteroatoms. The summed E-state index contributed by atoms with van der Waals surface area (Å²) in [6.45, 7) is 2.74. The summed E-state index contributed by atoms with van der Waals surface area (Å²) in [4.78, 5) is 2.29. The van der Waals surface area contributed by atoms with Crippen molar-refractivity contribution in [3.8, 4) is 17.0 Å². The first-order valence-corrected chi connectivity index (χ1v) is 10.7. The molecule has 5 rings (SSSR count). The van der Waals surface area contributed by atoms with Crippen molar-refractivity contribution in [3.05, 3.63) is 71.1 Å². The lowest BCUT2D eigenvalue weighted by atomic mass is 10.00. The van der Waals surface area contributed by atoms with Crippen molar-refractivity contribution in [2.24, 2.45) is 0 Å². The van der Waals surface area contributed by atoms with Crippen molar-refractivity contribution in [2.45, 2.75) is 19.1 Å². The van der Waals surface area contributed by atoms with Crippen LogP contribution in [0.4, 0.5) is 0 Å². The van der Waals surface area contributed by atoms with Gasteiger partial charge in [0.15, 0.2) is 5.58 Å². The van der Waals surface area contributed by atoms with E-state index in [9.17, 15) is 5.11 Å². The number of hydrogen-bond donors (Lipinski definition) is 1. The molecule has 0 aliphatic carbocycles. The number of aliphatic hydroxyl groups is 1. The molecular weight excluding hydrogens is 384 g/mol. The van der Waals surface area contributed by atoms with Crippen LogP contribution in [0.2, 0.25) is 0 Å². The van der Waals surface area contributed by atoms with Gasteiger partial charge in [-0.1, -0.05) is 29.4 Å². The highest BCUT2D eigenvalue weighted by Crippen LogP contribution is 2.32. The fourth-order valence-electron chi connectivity index (χ4n) is 3.82. The number of thiophene rings is 1. The second kappa shape index (κ2) is 7.99. The maximum absolute atomic E-state index is 10.4. The molecule has 3 heterocycles. The smallest absolute Gasteiger partial charge is 0.178 e. The Bertz CT molecular complexity index is 1100. The molecule has 2 aromatic carbocycles. The van der Waals surface area contributed by atoms with E-state index in [0.717, 1.165) is 46.8 Å². The summed E-state index contributed by atoms with van der Waals surface area (Å²) < 4.78 is 12.2. The van der Waals surface area contributed by atoms with Crippen LogP contribution in [0.1, 0.15) is 11.1 Å². The van der Waals surface area contributed by atoms with E-state index in [1.165, 1.54) is 11.1 Å². The molecule has 1 N–H and O–H groups in total. The zero-order valence-corrected chi connectivity index (χ0v) is 16.8. The van der Waals surface area contributed by atoms with Gasteiger partial charge in [0.05, 0.1) is 0 Å². The van der Waals surface area contributed by atoms with Crippen molar-refractivity contribution in [2.75, 3.05) is 19.7 Å². The Morgan fingerprint density at radius 1 is 1.10 bits per heavy atom. The van der Waals surface area contributed by atoms with Crippen LogP contribution in [0.25, 0.3) is 21.5 Å². The largest absolute Gasteiger partial charge is 0.491 e. The number of ether oxygens (including phenoxy) is 1. The fourth-order valence-corrected chi connectivity index (χ4v) is 4.64. The minimum atomic E-state index is -0.527. The molecule has 1 aliphatic rings. The predicted octanol–water partition coefficient (Wildman–Crippen LogP) is 4.35. The zero-order valence-electron chi connectivity index (χ0n) is 16.0. The Hall–Kier alpha value is -2.67. The van der Waals surface area contributed by atoms with Crippen LogP contribution >= 0.6 is 11.3 Å². The van der Waals surface area contributed by atoms with Gasteiger partial charge < -0.3 is 14.4 Å². The second-order valence-corrected chi connectivity index (χ2v) is 8.30. The summed E-state index contributed by atoms with van der Waals surface area (Å²) in [5, 5.41) is 16.6. The minimum absolute atomic E-state index is 0.274. The average molecular weight is 407 g/mol. The van der Waals surface area contributed by atoms with Crippen LogP contribution in [0.3, 0.4) is 0 Å². The minimum Gasteiger partial charge on any atom is -0.491 e. The third-order valence-electron chi connectivity index (χ3n) is 5.33. The monoisotopic (exact) mass is 406 g/mol. The molecule has 0 saturated carbocycles. The molecule has 2 aromatic heterocycles. The van der Waals surface area contributed by atoms with E-state index in [2.05, 4.69) is 34.3 Å². The van der Waals surface area contributed by atoms with Crippen LogP contribution in [-0.2, 0) is 13.0 Å². The first kappa shape index (κ1) is 18.4. The molecule has 0 unspecified atom stereocenters. The molecule has 5 nitrogen and oxygen atoms in total. The van der Waals surface area contributed by atoms with Gasteiger partial charge in [-0.2, -0.15) is 0 Å². The van der Waals surface area contributed by atoms with Crippen molar-refractivity contribution in [3.63, 3.8) is 0 Å². The zero-order chi connectivity index (χ0) is 19.6. The van der Waals surface area contributed by atoms with Crippen LogP contribution in [0, 0.1) is 0 Å². The maximum Gasteiger partial charge on any atom is 0.178 e. The molecule has 0 amide bonds. The standard InChI is InChI=1S/C23H22N2O3S/c26-19(14-25-11-9-16-3-1-2-4-18(16)13-25)15-27-20-7-5-17(6-8-20)22-23-21(28-24-22)10-12-29-23/h1-8,10,12,19,26H,9,11,13-15H2/t19-/m1/s1. The van der Waals surface area contributed by atoms with Crippen LogP contribution in [0.15, 0.2) is 64.5 Å². The van der Waals surface area contributed by atoms with Gasteiger partial charge in [0.2, 0.25) is 0 Å². The number of rotatable bonds is 6. The van der Waals surface area contributed by atoms with Crippen LogP contribution in [-0.4, -0.2) is 41.0 Å². The molecule has 0 radical (unpaired) electrons. The van der Waals surface area contributed by atoms with Gasteiger partial charge in [0.1, 0.15) is 28.9 Å². The van der Waals surface area contributed by atoms with Gasteiger partial charge in [-0.05, 0) is 53.3 Å². The Morgan fingerprint density at radius 2 is 1.93 bits per heavy atom. The molecule has 0 saturated heterocycles. The highest BCUT2D eigenvalue weighted by Gasteiger charge is 2.19. The maximum atomic E-state index is 10.4. The topological polar surface area (TPSA) is 58.7 Å². The second-order valence-electron chi connectivity index (χ2n) is 7.39. The Morgan fingerprint density at radius 3 is 2.79 bits per heavy atom. The number of nitrogens with zero attached hydrogens (tertiary/aromatic N) is 2. The van der Waals surface area contributed by atoms with E-state index < -0.39 is 6.10 Å². The number of hydrogen-bond acceptors (Lipinski definition) is 6. The number of fused-ring (bicyclic) bond motifs is 2. The summed E-state index contributed by atoms with van der Waals surface area (Å²) in [6.07, 6.45) is 0.506. The van der Waals surface area contributed by atoms with Crippen molar-refractivity contribution in [1.29, 1.82) is 0 Å². The van der Waals surface area contributed by atoms with E-state index in [4.69, 9.17) is 9.26 Å². The molecule has 0 bridgehead atoms. The average Bonchev–Trinajstić information content (AvgIpc) is 3.37. The molecule has 148 valence electrons. The molecule has 1 atom stereocenters. The van der Waals surface area contributed by atoms with Gasteiger partial charge in [-0.25, -0.2) is 0 Å². The summed E-state index contributed by atoms with van der Waals surface area (Å²) >= 11 is 1.62. The third-order valence-corrected chi connectivity index (χ3v) is 6.23. The molecule has 0 spiro atoms. The van der Waals surface area contributed by atoms with Gasteiger partial charge in [-0.3, -0.25) is 4.90 Å². The van der Waals surface area contributed by atoms with Gasteiger partial charge in [-0.15, -0.1) is 11.3 Å². The first-order chi connectivity index (χ1) is 14.3. The highest BCUT2D eigenvalue weighted by molar-refractivity contribution is 7.17. The summed E-state index contributed by atoms with van der Waals surface area (Å²) in [5.74, 6) is 0.739. The SMILES string of the molecule is O[C@@H](COc1ccc(-c2noc3ccsc23)cc1)CN1CCc2ccccc2C1. The quantitative estimate of drug-likeness (QED) is 0.516. The number of benzene rings is 2. The summed E-state index contributed by atoms with van der Waals surface area (Å²) in [5.41, 5.74) is 5.43. The number of aliphatic hydroxyl groups excluding tert-OH is 1. The number of aromatic nitrogens is 1. The Kier molecular flexibility index (Phi) is 5.06. The third kappa shape index (κ3) is 3.92. The lowest BCUT2D eigenvalue weighted by Gasteiger charge is -2.30. The van der Waals surface area contributed by atoms with Gasteiger partial charge in [0.25, 0.3) is 0 Å². The van der Waals surface area contributed by atoms with E-state index in [1.807, 2.05) is 35.7 Å². The van der Waals surface area contributed by atoms with E-state index in [-0.39, 0.29) is 6.61 Å². The first-order valence-electron chi connectivity index (χ1n) is 9.79. The van der Waals surface area contributed by atoms with Crippen molar-refractivity contribution >= 4 is 21.6 Å². The molecular formula is C23H22N2O3S. The summed E-state index contributed by atoms with van der Waals surface area (Å²) in [7, 11) is 0. The lowest BCUT2D eigenvalue weighted by Crippen LogP contribution is -2.38. The predicted molar refractivity (Wildman–Crippen MR) is 114 cm³/mol. The van der Waals surface area contributed by atoms with Crippen LogP contribution in [0.5, 0.6) is 5.75 Å². The van der Waals surface area contributed by atoms with E-state index >= 15 is 0 Å². The normalized spacial score (nSPS) is 15.3. The molecule has 0 fully saturated rings. The van der Waals surface area contributed by atoms with Crippen molar-refractivity contribution in [1.82, 2.24) is 10.1 Å². The molecule has 1 aliphatic heterocycles. The highest BCUT2D eigenvalue weighted by atomic mass is 32.1. The summed E-state index contributed by atoms with van der Waals surface area (Å²) in [6, 6.07) is 18.2. The van der Waals surface area contributed by atoms with Crippen LogP contribution < -0.4 is 4.74 Å². The van der Waals surface area contributed by atoms with Gasteiger partial charge in [0, 0.05) is 25.2 Å². The van der Waals surface area contributed by atoms with E-state index in [1.54, 1.807) is 11.3 Å².